The van der Waals surface area contributed by atoms with Crippen molar-refractivity contribution in [3.63, 3.8) is 0 Å². The van der Waals surface area contributed by atoms with E-state index in [1.54, 1.807) is 0 Å². The molecule has 1 N–H and O–H groups in total. The van der Waals surface area contributed by atoms with Crippen LogP contribution in [0.3, 0.4) is 0 Å². The molecule has 1 unspecified atom stereocenters. The van der Waals surface area contributed by atoms with Gasteiger partial charge in [0.05, 0.1) is 13.2 Å². The van der Waals surface area contributed by atoms with Gasteiger partial charge in [0.1, 0.15) is 6.10 Å². The number of morpholine rings is 1. The van der Waals surface area contributed by atoms with Crippen molar-refractivity contribution in [1.29, 1.82) is 0 Å². The summed E-state index contributed by atoms with van der Waals surface area (Å²) in [6.45, 7) is 9.39. The molecule has 0 bridgehead atoms. The highest BCUT2D eigenvalue weighted by Gasteiger charge is 2.25. The van der Waals surface area contributed by atoms with E-state index in [-0.39, 0.29) is 30.1 Å². The lowest BCUT2D eigenvalue weighted by Gasteiger charge is -2.35. The zero-order chi connectivity index (χ0) is 18.4. The van der Waals surface area contributed by atoms with Crippen LogP contribution < -0.4 is 5.32 Å². The summed E-state index contributed by atoms with van der Waals surface area (Å²) in [4.78, 5) is 6.77. The lowest BCUT2D eigenvalue weighted by Crippen LogP contribution is -2.48. The van der Waals surface area contributed by atoms with Gasteiger partial charge in [-0.1, -0.05) is 23.8 Å². The maximum Gasteiger partial charge on any atom is 0.193 e. The average Bonchev–Trinajstić information content (AvgIpc) is 3.45. The summed E-state index contributed by atoms with van der Waals surface area (Å²) in [6, 6.07) is 6.60. The molecule has 1 aliphatic heterocycles. The fourth-order valence-corrected chi connectivity index (χ4v) is 3.46. The predicted molar refractivity (Wildman–Crippen MR) is 121 cm³/mol. The van der Waals surface area contributed by atoms with Crippen LogP contribution in [0.15, 0.2) is 23.2 Å². The zero-order valence-corrected chi connectivity index (χ0v) is 19.2. The quantitative estimate of drug-likeness (QED) is 0.276. The van der Waals surface area contributed by atoms with Gasteiger partial charge in [-0.05, 0) is 50.2 Å². The SMILES string of the molecule is CN=C(NCCCOCC1CC1)N1CCOC(c2ccc(C)cc2C)C1.I. The van der Waals surface area contributed by atoms with Gasteiger partial charge in [-0.15, -0.1) is 24.0 Å². The van der Waals surface area contributed by atoms with Crippen molar-refractivity contribution in [1.82, 2.24) is 10.2 Å². The normalized spacial score (nSPS) is 20.3. The standard InChI is InChI=1S/C21H33N3O2.HI/c1-16-5-8-19(17(2)13-16)20-14-24(10-12-26-20)21(22-3)23-9-4-11-25-15-18-6-7-18;/h5,8,13,18,20H,4,6-7,9-12,14-15H2,1-3H3,(H,22,23);1H. The van der Waals surface area contributed by atoms with E-state index in [2.05, 4.69) is 47.3 Å². The van der Waals surface area contributed by atoms with Gasteiger partial charge in [-0.25, -0.2) is 0 Å². The Kier molecular flexibility index (Phi) is 9.32. The summed E-state index contributed by atoms with van der Waals surface area (Å²) >= 11 is 0. The van der Waals surface area contributed by atoms with Crippen LogP contribution in [0.25, 0.3) is 0 Å². The smallest absolute Gasteiger partial charge is 0.193 e. The first-order valence-corrected chi connectivity index (χ1v) is 9.89. The maximum atomic E-state index is 6.05. The summed E-state index contributed by atoms with van der Waals surface area (Å²) in [5, 5.41) is 3.48. The van der Waals surface area contributed by atoms with Crippen LogP contribution in [0, 0.1) is 19.8 Å². The van der Waals surface area contributed by atoms with Crippen LogP contribution in [0.1, 0.15) is 42.1 Å². The highest BCUT2D eigenvalue weighted by molar-refractivity contribution is 14.0. The van der Waals surface area contributed by atoms with Crippen molar-refractivity contribution < 1.29 is 9.47 Å². The molecule has 0 radical (unpaired) electrons. The van der Waals surface area contributed by atoms with Gasteiger partial charge in [-0.3, -0.25) is 4.99 Å². The monoisotopic (exact) mass is 487 g/mol. The molecule has 1 saturated heterocycles. The van der Waals surface area contributed by atoms with Crippen molar-refractivity contribution >= 4 is 29.9 Å². The number of benzene rings is 1. The summed E-state index contributed by atoms with van der Waals surface area (Å²) in [6.07, 6.45) is 3.81. The Labute approximate surface area is 180 Å². The molecule has 0 amide bonds. The molecule has 1 heterocycles. The number of hydrogen-bond donors (Lipinski definition) is 1. The summed E-state index contributed by atoms with van der Waals surface area (Å²) in [5.41, 5.74) is 3.87. The minimum atomic E-state index is 0. The minimum absolute atomic E-state index is 0. The van der Waals surface area contributed by atoms with Gasteiger partial charge in [-0.2, -0.15) is 0 Å². The molecule has 152 valence electrons. The largest absolute Gasteiger partial charge is 0.381 e. The van der Waals surface area contributed by atoms with Gasteiger partial charge >= 0.3 is 0 Å². The van der Waals surface area contributed by atoms with Crippen LogP contribution in [0.2, 0.25) is 0 Å². The molecule has 5 nitrogen and oxygen atoms in total. The third-order valence-corrected chi connectivity index (χ3v) is 5.15. The fourth-order valence-electron chi connectivity index (χ4n) is 3.46. The number of halogens is 1. The van der Waals surface area contributed by atoms with Crippen molar-refractivity contribution in [3.05, 3.63) is 34.9 Å². The Hall–Kier alpha value is -0.860. The fraction of sp³-hybridized carbons (Fsp3) is 0.667. The Balaban J connectivity index is 0.00000261. The molecule has 3 rings (SSSR count). The Morgan fingerprint density at radius 1 is 1.33 bits per heavy atom. The van der Waals surface area contributed by atoms with E-state index >= 15 is 0 Å². The second-order valence-electron chi connectivity index (χ2n) is 7.51. The Bertz CT molecular complexity index is 619. The first-order chi connectivity index (χ1) is 12.7. The topological polar surface area (TPSA) is 46.1 Å². The molecule has 27 heavy (non-hydrogen) atoms. The molecular formula is C21H34IN3O2. The highest BCUT2D eigenvalue weighted by atomic mass is 127. The van der Waals surface area contributed by atoms with Crippen molar-refractivity contribution in [3.8, 4) is 0 Å². The molecule has 1 aromatic rings. The molecule has 1 aliphatic carbocycles. The van der Waals surface area contributed by atoms with E-state index in [1.807, 2.05) is 7.05 Å². The molecule has 1 aromatic carbocycles. The lowest BCUT2D eigenvalue weighted by molar-refractivity contribution is -0.00835. The summed E-state index contributed by atoms with van der Waals surface area (Å²) < 4.78 is 11.8. The molecule has 6 heteroatoms. The van der Waals surface area contributed by atoms with Gasteiger partial charge in [0.15, 0.2) is 5.96 Å². The molecule has 1 atom stereocenters. The number of guanidine groups is 1. The molecule has 2 aliphatic rings. The van der Waals surface area contributed by atoms with Crippen molar-refractivity contribution in [2.75, 3.05) is 46.5 Å². The van der Waals surface area contributed by atoms with Crippen LogP contribution >= 0.6 is 24.0 Å². The van der Waals surface area contributed by atoms with E-state index in [9.17, 15) is 0 Å². The molecule has 2 fully saturated rings. The van der Waals surface area contributed by atoms with Gasteiger partial charge in [0, 0.05) is 33.4 Å². The number of nitrogens with zero attached hydrogens (tertiary/aromatic N) is 2. The number of aliphatic imine (C=N–C) groups is 1. The predicted octanol–water partition coefficient (Wildman–Crippen LogP) is 3.69. The average molecular weight is 487 g/mol. The number of rotatable bonds is 7. The first-order valence-electron chi connectivity index (χ1n) is 9.89. The highest BCUT2D eigenvalue weighted by Crippen LogP contribution is 2.28. The third kappa shape index (κ3) is 6.91. The van der Waals surface area contributed by atoms with Crippen molar-refractivity contribution in [2.45, 2.75) is 39.2 Å². The number of nitrogens with one attached hydrogen (secondary N) is 1. The van der Waals surface area contributed by atoms with E-state index in [0.29, 0.717) is 0 Å². The van der Waals surface area contributed by atoms with E-state index in [4.69, 9.17) is 9.47 Å². The van der Waals surface area contributed by atoms with Gasteiger partial charge in [0.25, 0.3) is 0 Å². The van der Waals surface area contributed by atoms with Crippen molar-refractivity contribution in [2.24, 2.45) is 10.9 Å². The van der Waals surface area contributed by atoms with E-state index in [1.165, 1.54) is 29.5 Å². The molecular weight excluding hydrogens is 453 g/mol. The van der Waals surface area contributed by atoms with Gasteiger partial charge < -0.3 is 19.7 Å². The second kappa shape index (κ2) is 11.2. The first kappa shape index (κ1) is 22.4. The van der Waals surface area contributed by atoms with Gasteiger partial charge in [0.2, 0.25) is 0 Å². The summed E-state index contributed by atoms with van der Waals surface area (Å²) in [7, 11) is 1.85. The molecule has 1 saturated carbocycles. The third-order valence-electron chi connectivity index (χ3n) is 5.15. The second-order valence-corrected chi connectivity index (χ2v) is 7.51. The lowest BCUT2D eigenvalue weighted by atomic mass is 10.00. The molecule has 0 spiro atoms. The van der Waals surface area contributed by atoms with E-state index < -0.39 is 0 Å². The minimum Gasteiger partial charge on any atom is -0.381 e. The number of ether oxygens (including phenoxy) is 2. The van der Waals surface area contributed by atoms with Crippen LogP contribution in [-0.4, -0.2) is 57.4 Å². The molecule has 0 aromatic heterocycles. The van der Waals surface area contributed by atoms with Crippen LogP contribution in [0.5, 0.6) is 0 Å². The zero-order valence-electron chi connectivity index (χ0n) is 16.9. The Morgan fingerprint density at radius 2 is 2.15 bits per heavy atom. The summed E-state index contributed by atoms with van der Waals surface area (Å²) in [5.74, 6) is 1.80. The number of hydrogen-bond acceptors (Lipinski definition) is 3. The Morgan fingerprint density at radius 3 is 2.85 bits per heavy atom. The number of aryl methyl sites for hydroxylation is 2. The maximum absolute atomic E-state index is 6.05. The van der Waals surface area contributed by atoms with Crippen LogP contribution in [-0.2, 0) is 9.47 Å². The van der Waals surface area contributed by atoms with Crippen LogP contribution in [0.4, 0.5) is 0 Å². The van der Waals surface area contributed by atoms with E-state index in [0.717, 1.165) is 57.8 Å².